The van der Waals surface area contributed by atoms with E-state index in [1.807, 2.05) is 6.33 Å². The number of rotatable bonds is 2. The van der Waals surface area contributed by atoms with Crippen LogP contribution in [0.2, 0.25) is 0 Å². The van der Waals surface area contributed by atoms with Gasteiger partial charge in [-0.3, -0.25) is 4.90 Å². The van der Waals surface area contributed by atoms with E-state index in [1.54, 1.807) is 0 Å². The molecule has 3 rings (SSSR count). The molecule has 0 amide bonds. The lowest BCUT2D eigenvalue weighted by Gasteiger charge is -2.26. The van der Waals surface area contributed by atoms with E-state index in [2.05, 4.69) is 50.0 Å². The van der Waals surface area contributed by atoms with Gasteiger partial charge in [-0.2, -0.15) is 0 Å². The second-order valence-corrected chi connectivity index (χ2v) is 4.14. The fourth-order valence-electron chi connectivity index (χ4n) is 2.09. The first-order valence-corrected chi connectivity index (χ1v) is 5.55. The summed E-state index contributed by atoms with van der Waals surface area (Å²) in [7, 11) is 0. The van der Waals surface area contributed by atoms with Crippen molar-refractivity contribution in [1.29, 1.82) is 0 Å². The van der Waals surface area contributed by atoms with Crippen LogP contribution in [0.4, 0.5) is 0 Å². The van der Waals surface area contributed by atoms with Gasteiger partial charge in [-0.05, 0) is 5.56 Å². The molecule has 4 nitrogen and oxygen atoms in total. The fourth-order valence-corrected chi connectivity index (χ4v) is 2.09. The molecular weight excluding hydrogens is 200 g/mol. The van der Waals surface area contributed by atoms with Crippen LogP contribution in [0.1, 0.15) is 11.4 Å². The molecule has 1 aliphatic heterocycles. The largest absolute Gasteiger partial charge is 0.315 e. The van der Waals surface area contributed by atoms with Crippen molar-refractivity contribution in [3.63, 3.8) is 0 Å². The van der Waals surface area contributed by atoms with E-state index >= 15 is 0 Å². The molecule has 0 atom stereocenters. The molecule has 82 valence electrons. The van der Waals surface area contributed by atoms with Crippen LogP contribution in [0.25, 0.3) is 0 Å². The molecule has 1 aliphatic rings. The van der Waals surface area contributed by atoms with Crippen LogP contribution < -0.4 is 0 Å². The summed E-state index contributed by atoms with van der Waals surface area (Å²) >= 11 is 0. The highest BCUT2D eigenvalue weighted by Gasteiger charge is 2.16. The van der Waals surface area contributed by atoms with Crippen molar-refractivity contribution in [3.05, 3.63) is 48.0 Å². The minimum atomic E-state index is 0.898. The molecule has 0 radical (unpaired) electrons. The van der Waals surface area contributed by atoms with Crippen molar-refractivity contribution in [1.82, 2.24) is 19.7 Å². The number of hydrogen-bond donors (Lipinski definition) is 0. The van der Waals surface area contributed by atoms with Gasteiger partial charge >= 0.3 is 0 Å². The normalized spacial score (nSPS) is 16.0. The Bertz CT molecular complexity index is 463. The van der Waals surface area contributed by atoms with Gasteiger partial charge in [-0.1, -0.05) is 30.3 Å². The number of fused-ring (bicyclic) bond motifs is 1. The molecule has 0 unspecified atom stereocenters. The molecule has 0 fully saturated rings. The summed E-state index contributed by atoms with van der Waals surface area (Å²) in [5.41, 5.74) is 1.36. The summed E-state index contributed by atoms with van der Waals surface area (Å²) in [4.78, 5) is 2.40. The molecule has 16 heavy (non-hydrogen) atoms. The Hall–Kier alpha value is -1.68. The maximum atomic E-state index is 4.12. The van der Waals surface area contributed by atoms with Crippen molar-refractivity contribution >= 4 is 0 Å². The number of benzene rings is 1. The second-order valence-electron chi connectivity index (χ2n) is 4.14. The molecule has 0 N–H and O–H groups in total. The van der Waals surface area contributed by atoms with Gasteiger partial charge in [0.25, 0.3) is 0 Å². The van der Waals surface area contributed by atoms with Crippen molar-refractivity contribution in [3.8, 4) is 0 Å². The molecule has 4 heteroatoms. The lowest BCUT2D eigenvalue weighted by molar-refractivity contribution is 0.209. The predicted octanol–water partition coefficient (Wildman–Crippen LogP) is 1.29. The average Bonchev–Trinajstić information content (AvgIpc) is 2.77. The zero-order valence-corrected chi connectivity index (χ0v) is 9.08. The van der Waals surface area contributed by atoms with Crippen LogP contribution in [-0.2, 0) is 19.6 Å². The Morgan fingerprint density at radius 1 is 1.12 bits per heavy atom. The third-order valence-electron chi connectivity index (χ3n) is 2.97. The third kappa shape index (κ3) is 1.84. The van der Waals surface area contributed by atoms with Crippen LogP contribution in [0.5, 0.6) is 0 Å². The Kier molecular flexibility index (Phi) is 2.42. The summed E-state index contributed by atoms with van der Waals surface area (Å²) < 4.78 is 2.13. The van der Waals surface area contributed by atoms with Crippen LogP contribution in [0, 0.1) is 0 Å². The van der Waals surface area contributed by atoms with Gasteiger partial charge in [-0.25, -0.2) is 0 Å². The van der Waals surface area contributed by atoms with E-state index in [0.717, 1.165) is 32.0 Å². The van der Waals surface area contributed by atoms with Gasteiger partial charge in [0.1, 0.15) is 12.2 Å². The molecule has 0 bridgehead atoms. The van der Waals surface area contributed by atoms with Crippen molar-refractivity contribution in [2.45, 2.75) is 19.6 Å². The molecule has 0 aliphatic carbocycles. The molecule has 2 aromatic rings. The van der Waals surface area contributed by atoms with Gasteiger partial charge < -0.3 is 4.57 Å². The van der Waals surface area contributed by atoms with Gasteiger partial charge in [0.15, 0.2) is 0 Å². The zero-order valence-electron chi connectivity index (χ0n) is 9.08. The highest BCUT2D eigenvalue weighted by atomic mass is 15.3. The SMILES string of the molecule is c1ccc(CN2CCn3cnnc3C2)cc1. The highest BCUT2D eigenvalue weighted by Crippen LogP contribution is 2.12. The summed E-state index contributed by atoms with van der Waals surface area (Å²) in [6.07, 6.45) is 1.81. The van der Waals surface area contributed by atoms with Crippen molar-refractivity contribution in [2.75, 3.05) is 6.54 Å². The van der Waals surface area contributed by atoms with Gasteiger partial charge in [-0.15, -0.1) is 10.2 Å². The first-order valence-electron chi connectivity index (χ1n) is 5.55. The van der Waals surface area contributed by atoms with E-state index < -0.39 is 0 Å². The average molecular weight is 214 g/mol. The molecule has 0 spiro atoms. The minimum Gasteiger partial charge on any atom is -0.315 e. The smallest absolute Gasteiger partial charge is 0.147 e. The summed E-state index contributed by atoms with van der Waals surface area (Å²) in [6, 6.07) is 10.6. The highest BCUT2D eigenvalue weighted by molar-refractivity contribution is 5.14. The quantitative estimate of drug-likeness (QED) is 0.755. The topological polar surface area (TPSA) is 34.0 Å². The Balaban J connectivity index is 1.71. The predicted molar refractivity (Wildman–Crippen MR) is 60.6 cm³/mol. The molecule has 2 heterocycles. The standard InChI is InChI=1S/C12H14N4/c1-2-4-11(5-3-1)8-15-6-7-16-10-13-14-12(16)9-15/h1-5,10H,6-9H2. The van der Waals surface area contributed by atoms with Crippen molar-refractivity contribution < 1.29 is 0 Å². The molecule has 0 saturated carbocycles. The monoisotopic (exact) mass is 214 g/mol. The van der Waals surface area contributed by atoms with E-state index in [1.165, 1.54) is 5.56 Å². The minimum absolute atomic E-state index is 0.898. The van der Waals surface area contributed by atoms with Crippen LogP contribution in [0.3, 0.4) is 0 Å². The van der Waals surface area contributed by atoms with Crippen LogP contribution in [-0.4, -0.2) is 26.2 Å². The first-order chi connectivity index (χ1) is 7.92. The fraction of sp³-hybridized carbons (Fsp3) is 0.333. The molecule has 0 saturated heterocycles. The number of hydrogen-bond acceptors (Lipinski definition) is 3. The maximum Gasteiger partial charge on any atom is 0.147 e. The molecule has 1 aromatic heterocycles. The second kappa shape index (κ2) is 4.06. The van der Waals surface area contributed by atoms with Gasteiger partial charge in [0, 0.05) is 19.6 Å². The third-order valence-corrected chi connectivity index (χ3v) is 2.97. The Labute approximate surface area is 94.5 Å². The van der Waals surface area contributed by atoms with E-state index in [-0.39, 0.29) is 0 Å². The number of aromatic nitrogens is 3. The lowest BCUT2D eigenvalue weighted by atomic mass is 10.2. The van der Waals surface area contributed by atoms with Gasteiger partial charge in [0.2, 0.25) is 0 Å². The summed E-state index contributed by atoms with van der Waals surface area (Å²) in [6.45, 7) is 3.96. The first kappa shape index (κ1) is 9.54. The molecular formula is C12H14N4. The summed E-state index contributed by atoms with van der Waals surface area (Å²) in [5, 5.41) is 8.05. The van der Waals surface area contributed by atoms with E-state index in [9.17, 15) is 0 Å². The van der Waals surface area contributed by atoms with Crippen LogP contribution in [0.15, 0.2) is 36.7 Å². The number of nitrogens with zero attached hydrogens (tertiary/aromatic N) is 4. The van der Waals surface area contributed by atoms with Crippen molar-refractivity contribution in [2.24, 2.45) is 0 Å². The Morgan fingerprint density at radius 3 is 2.88 bits per heavy atom. The van der Waals surface area contributed by atoms with Gasteiger partial charge in [0.05, 0.1) is 6.54 Å². The maximum absolute atomic E-state index is 4.12. The Morgan fingerprint density at radius 2 is 2.00 bits per heavy atom. The zero-order chi connectivity index (χ0) is 10.8. The lowest BCUT2D eigenvalue weighted by Crippen LogP contribution is -2.33. The summed E-state index contributed by atoms with van der Waals surface area (Å²) in [5.74, 6) is 1.07. The van der Waals surface area contributed by atoms with E-state index in [0.29, 0.717) is 0 Å². The van der Waals surface area contributed by atoms with Crippen LogP contribution >= 0.6 is 0 Å². The van der Waals surface area contributed by atoms with E-state index in [4.69, 9.17) is 0 Å². The molecule has 1 aromatic carbocycles.